The molecule has 24 heavy (non-hydrogen) atoms. The van der Waals surface area contributed by atoms with Gasteiger partial charge in [0, 0.05) is 23.7 Å². The molecule has 0 aliphatic carbocycles. The van der Waals surface area contributed by atoms with Crippen molar-refractivity contribution in [1.29, 1.82) is 0 Å². The molecule has 0 unspecified atom stereocenters. The van der Waals surface area contributed by atoms with Crippen LogP contribution in [0.3, 0.4) is 0 Å². The molecule has 2 N–H and O–H groups in total. The fourth-order valence-corrected chi connectivity index (χ4v) is 2.49. The van der Waals surface area contributed by atoms with Gasteiger partial charge in [0.25, 0.3) is 5.91 Å². The monoisotopic (exact) mass is 319 g/mol. The summed E-state index contributed by atoms with van der Waals surface area (Å²) in [6, 6.07) is 16.3. The van der Waals surface area contributed by atoms with Crippen LogP contribution in [-0.2, 0) is 6.42 Å². The fourth-order valence-electron chi connectivity index (χ4n) is 2.49. The Morgan fingerprint density at radius 3 is 2.79 bits per heavy atom. The van der Waals surface area contributed by atoms with E-state index in [9.17, 15) is 9.90 Å². The number of hydrogen-bond donors (Lipinski definition) is 2. The van der Waals surface area contributed by atoms with Gasteiger partial charge in [-0.3, -0.25) is 9.78 Å². The van der Waals surface area contributed by atoms with Gasteiger partial charge in [0.1, 0.15) is 5.75 Å². The summed E-state index contributed by atoms with van der Waals surface area (Å²) in [7, 11) is 0. The van der Waals surface area contributed by atoms with E-state index < -0.39 is 0 Å². The van der Waals surface area contributed by atoms with E-state index in [0.29, 0.717) is 12.0 Å². The van der Waals surface area contributed by atoms with Crippen molar-refractivity contribution in [3.8, 4) is 5.75 Å². The topological polar surface area (TPSA) is 74.6 Å². The lowest BCUT2D eigenvalue weighted by Crippen LogP contribution is -2.18. The van der Waals surface area contributed by atoms with Crippen molar-refractivity contribution in [2.24, 2.45) is 5.10 Å². The Balaban J connectivity index is 1.74. The van der Waals surface area contributed by atoms with Gasteiger partial charge >= 0.3 is 0 Å². The Hall–Kier alpha value is -3.21. The molecule has 120 valence electrons. The molecule has 1 heterocycles. The third-order valence-electron chi connectivity index (χ3n) is 3.65. The van der Waals surface area contributed by atoms with Crippen LogP contribution in [0, 0.1) is 6.92 Å². The van der Waals surface area contributed by atoms with E-state index in [1.807, 2.05) is 43.3 Å². The molecule has 0 spiro atoms. The van der Waals surface area contributed by atoms with Crippen molar-refractivity contribution >= 4 is 23.0 Å². The average molecular weight is 319 g/mol. The van der Waals surface area contributed by atoms with Gasteiger partial charge in [0.15, 0.2) is 0 Å². The van der Waals surface area contributed by atoms with Gasteiger partial charge in [0.05, 0.1) is 11.1 Å². The molecule has 3 aromatic rings. The van der Waals surface area contributed by atoms with Crippen LogP contribution in [0.5, 0.6) is 5.75 Å². The minimum Gasteiger partial charge on any atom is -0.508 e. The molecule has 0 bridgehead atoms. The Kier molecular flexibility index (Phi) is 4.52. The van der Waals surface area contributed by atoms with E-state index in [-0.39, 0.29) is 11.7 Å². The molecule has 0 saturated carbocycles. The summed E-state index contributed by atoms with van der Waals surface area (Å²) in [5.74, 6) is -0.0729. The predicted molar refractivity (Wildman–Crippen MR) is 94.2 cm³/mol. The SMILES string of the molecule is Cc1cc(C(=O)NN=CCc2ccccc2O)c2ccccc2n1. The van der Waals surface area contributed by atoms with Crippen LogP contribution in [0.25, 0.3) is 10.9 Å². The van der Waals surface area contributed by atoms with Crippen LogP contribution < -0.4 is 5.43 Å². The zero-order valence-electron chi connectivity index (χ0n) is 13.2. The van der Waals surface area contributed by atoms with Crippen LogP contribution in [0.1, 0.15) is 21.6 Å². The van der Waals surface area contributed by atoms with Gasteiger partial charge < -0.3 is 5.11 Å². The zero-order valence-corrected chi connectivity index (χ0v) is 13.2. The fraction of sp³-hybridized carbons (Fsp3) is 0.105. The second-order valence-corrected chi connectivity index (χ2v) is 5.41. The van der Waals surface area contributed by atoms with E-state index in [1.165, 1.54) is 0 Å². The molecule has 0 aliphatic heterocycles. The van der Waals surface area contributed by atoms with E-state index in [2.05, 4.69) is 15.5 Å². The molecule has 0 saturated heterocycles. The first-order chi connectivity index (χ1) is 11.6. The second kappa shape index (κ2) is 6.91. The Morgan fingerprint density at radius 1 is 1.21 bits per heavy atom. The number of phenols is 1. The Labute approximate surface area is 139 Å². The minimum atomic E-state index is -0.287. The summed E-state index contributed by atoms with van der Waals surface area (Å²) in [6.45, 7) is 1.85. The number of fused-ring (bicyclic) bond motifs is 1. The zero-order chi connectivity index (χ0) is 16.9. The molecule has 3 rings (SSSR count). The lowest BCUT2D eigenvalue weighted by molar-refractivity contribution is 0.0956. The van der Waals surface area contributed by atoms with Gasteiger partial charge in [-0.1, -0.05) is 36.4 Å². The average Bonchev–Trinajstić information content (AvgIpc) is 2.59. The molecule has 1 aromatic heterocycles. The largest absolute Gasteiger partial charge is 0.508 e. The maximum atomic E-state index is 12.4. The van der Waals surface area contributed by atoms with Crippen molar-refractivity contribution in [1.82, 2.24) is 10.4 Å². The number of para-hydroxylation sites is 2. The molecular weight excluding hydrogens is 302 g/mol. The first-order valence-electron chi connectivity index (χ1n) is 7.60. The number of hydrogen-bond acceptors (Lipinski definition) is 4. The number of carbonyl (C=O) groups is 1. The van der Waals surface area contributed by atoms with Crippen molar-refractivity contribution in [2.75, 3.05) is 0 Å². The molecule has 0 fully saturated rings. The van der Waals surface area contributed by atoms with Crippen molar-refractivity contribution in [2.45, 2.75) is 13.3 Å². The number of benzene rings is 2. The number of hydrazone groups is 1. The van der Waals surface area contributed by atoms with E-state index in [0.717, 1.165) is 22.2 Å². The lowest BCUT2D eigenvalue weighted by Gasteiger charge is -2.06. The van der Waals surface area contributed by atoms with Crippen molar-refractivity contribution < 1.29 is 9.90 Å². The molecule has 2 aromatic carbocycles. The highest BCUT2D eigenvalue weighted by Crippen LogP contribution is 2.18. The molecule has 1 amide bonds. The number of aryl methyl sites for hydroxylation is 1. The quantitative estimate of drug-likeness (QED) is 0.573. The molecular formula is C19H17N3O2. The normalized spacial score (nSPS) is 11.0. The highest BCUT2D eigenvalue weighted by Gasteiger charge is 2.10. The van der Waals surface area contributed by atoms with Gasteiger partial charge in [-0.2, -0.15) is 5.10 Å². The first kappa shape index (κ1) is 15.7. The highest BCUT2D eigenvalue weighted by molar-refractivity contribution is 6.06. The number of nitrogens with one attached hydrogen (secondary N) is 1. The summed E-state index contributed by atoms with van der Waals surface area (Å²) < 4.78 is 0. The lowest BCUT2D eigenvalue weighted by atomic mass is 10.1. The molecule has 0 aliphatic rings. The predicted octanol–water partition coefficient (Wildman–Crippen LogP) is 3.21. The summed E-state index contributed by atoms with van der Waals surface area (Å²) in [6.07, 6.45) is 1.99. The second-order valence-electron chi connectivity index (χ2n) is 5.41. The smallest absolute Gasteiger partial charge is 0.272 e. The number of rotatable bonds is 4. The van der Waals surface area contributed by atoms with Gasteiger partial charge in [-0.15, -0.1) is 0 Å². The molecule has 0 radical (unpaired) electrons. The maximum Gasteiger partial charge on any atom is 0.272 e. The highest BCUT2D eigenvalue weighted by atomic mass is 16.3. The number of carbonyl (C=O) groups excluding carboxylic acids is 1. The summed E-state index contributed by atoms with van der Waals surface area (Å²) in [5.41, 5.74) is 5.37. The number of amides is 1. The van der Waals surface area contributed by atoms with Crippen LogP contribution in [0.2, 0.25) is 0 Å². The first-order valence-corrected chi connectivity index (χ1v) is 7.60. The minimum absolute atomic E-state index is 0.214. The molecule has 0 atom stereocenters. The van der Waals surface area contributed by atoms with Crippen LogP contribution in [0.15, 0.2) is 59.7 Å². The third-order valence-corrected chi connectivity index (χ3v) is 3.65. The van der Waals surface area contributed by atoms with Crippen LogP contribution in [-0.4, -0.2) is 22.2 Å². The number of phenolic OH excluding ortho intramolecular Hbond substituents is 1. The Morgan fingerprint density at radius 2 is 1.96 bits per heavy atom. The maximum absolute atomic E-state index is 12.4. The Bertz CT molecular complexity index is 919. The number of nitrogens with zero attached hydrogens (tertiary/aromatic N) is 2. The van der Waals surface area contributed by atoms with Gasteiger partial charge in [-0.05, 0) is 30.7 Å². The summed E-state index contributed by atoms with van der Waals surface area (Å²) in [4.78, 5) is 16.8. The summed E-state index contributed by atoms with van der Waals surface area (Å²) >= 11 is 0. The standard InChI is InChI=1S/C19H17N3O2/c1-13-12-16(15-7-3-4-8-17(15)21-13)19(24)22-20-11-10-14-6-2-5-9-18(14)23/h2-9,11-12,23H,10H2,1H3,(H,22,24). The van der Waals surface area contributed by atoms with E-state index >= 15 is 0 Å². The van der Waals surface area contributed by atoms with Crippen LogP contribution >= 0.6 is 0 Å². The summed E-state index contributed by atoms with van der Waals surface area (Å²) in [5, 5.41) is 14.4. The van der Waals surface area contributed by atoms with Crippen molar-refractivity contribution in [3.63, 3.8) is 0 Å². The van der Waals surface area contributed by atoms with E-state index in [1.54, 1.807) is 24.4 Å². The molecule has 5 heteroatoms. The van der Waals surface area contributed by atoms with Crippen molar-refractivity contribution in [3.05, 3.63) is 71.4 Å². The number of aromatic hydroxyl groups is 1. The molecule has 5 nitrogen and oxygen atoms in total. The van der Waals surface area contributed by atoms with Gasteiger partial charge in [-0.25, -0.2) is 5.43 Å². The van der Waals surface area contributed by atoms with Gasteiger partial charge in [0.2, 0.25) is 0 Å². The third kappa shape index (κ3) is 3.41. The number of aromatic nitrogens is 1. The number of pyridine rings is 1. The van der Waals surface area contributed by atoms with Crippen LogP contribution in [0.4, 0.5) is 0 Å². The van der Waals surface area contributed by atoms with E-state index in [4.69, 9.17) is 0 Å².